The quantitative estimate of drug-likeness (QED) is 0.520. The predicted molar refractivity (Wildman–Crippen MR) is 65.7 cm³/mol. The minimum absolute atomic E-state index is 0.130. The van der Waals surface area contributed by atoms with Gasteiger partial charge in [-0.2, -0.15) is 13.2 Å². The average Bonchev–Trinajstić information content (AvgIpc) is 2.26. The number of aliphatic hydroxyl groups is 2. The van der Waals surface area contributed by atoms with E-state index in [0.717, 1.165) is 11.8 Å². The lowest BCUT2D eigenvalue weighted by Gasteiger charge is -2.40. The van der Waals surface area contributed by atoms with Crippen molar-refractivity contribution in [3.63, 3.8) is 0 Å². The zero-order valence-electron chi connectivity index (χ0n) is 10.5. The zero-order chi connectivity index (χ0) is 14.8. The maximum atomic E-state index is 12.7. The van der Waals surface area contributed by atoms with Gasteiger partial charge in [-0.25, -0.2) is 0 Å². The Labute approximate surface area is 113 Å². The molecule has 0 aromatic heterocycles. The summed E-state index contributed by atoms with van der Waals surface area (Å²) in [6.45, 7) is 0.634. The number of halogens is 3. The Kier molecular flexibility index (Phi) is 5.10. The fraction of sp³-hybridized carbons (Fsp3) is 0.900. The number of ether oxygens (including phenoxy) is 1. The maximum Gasteiger partial charge on any atom is 0.419 e. The number of hydrogen-bond donors (Lipinski definition) is 3. The van der Waals surface area contributed by atoms with Gasteiger partial charge in [-0.15, -0.1) is 0 Å². The van der Waals surface area contributed by atoms with E-state index in [4.69, 9.17) is 10.5 Å². The third-order valence-electron chi connectivity index (χ3n) is 2.94. The van der Waals surface area contributed by atoms with Gasteiger partial charge in [0.15, 0.2) is 10.8 Å². The van der Waals surface area contributed by atoms with Crippen molar-refractivity contribution in [1.82, 2.24) is 0 Å². The van der Waals surface area contributed by atoms with E-state index in [1.165, 1.54) is 7.05 Å². The summed E-state index contributed by atoms with van der Waals surface area (Å²) < 4.78 is 43.4. The molecular formula is C10H17F3N2O3S. The summed E-state index contributed by atoms with van der Waals surface area (Å²) in [7, 11) is 1.44. The molecule has 5 nitrogen and oxygen atoms in total. The number of alkyl halides is 3. The molecule has 0 amide bonds. The molecule has 112 valence electrons. The minimum Gasteiger partial charge on any atom is -0.393 e. The van der Waals surface area contributed by atoms with Crippen LogP contribution in [0.2, 0.25) is 0 Å². The molecule has 0 bridgehead atoms. The predicted octanol–water partition coefficient (Wildman–Crippen LogP) is 0.843. The van der Waals surface area contributed by atoms with E-state index in [9.17, 15) is 23.4 Å². The Hall–Kier alpha value is -0.510. The van der Waals surface area contributed by atoms with Crippen LogP contribution in [0.25, 0.3) is 0 Å². The average molecular weight is 302 g/mol. The minimum atomic E-state index is -4.84. The second kappa shape index (κ2) is 5.86. The molecule has 4 N–H and O–H groups in total. The van der Waals surface area contributed by atoms with Crippen LogP contribution in [0.15, 0.2) is 4.99 Å². The molecule has 0 spiro atoms. The number of thioether (sulfide) groups is 1. The van der Waals surface area contributed by atoms with Crippen LogP contribution in [-0.4, -0.2) is 51.8 Å². The summed E-state index contributed by atoms with van der Waals surface area (Å²) >= 11 is 0.922. The molecule has 1 aliphatic heterocycles. The van der Waals surface area contributed by atoms with Crippen LogP contribution in [0, 0.1) is 0 Å². The van der Waals surface area contributed by atoms with Crippen LogP contribution < -0.4 is 5.73 Å². The summed E-state index contributed by atoms with van der Waals surface area (Å²) in [4.78, 5) is 3.65. The number of nitrogens with two attached hydrogens (primary N) is 1. The Balaban J connectivity index is 2.81. The molecule has 0 aromatic carbocycles. The first-order valence-electron chi connectivity index (χ1n) is 5.59. The lowest BCUT2D eigenvalue weighted by Crippen LogP contribution is -2.56. The molecule has 9 heteroatoms. The largest absolute Gasteiger partial charge is 0.419 e. The zero-order valence-corrected chi connectivity index (χ0v) is 11.3. The lowest BCUT2D eigenvalue weighted by atomic mass is 9.91. The van der Waals surface area contributed by atoms with Crippen molar-refractivity contribution in [3.8, 4) is 0 Å². The van der Waals surface area contributed by atoms with Gasteiger partial charge in [-0.05, 0) is 6.92 Å². The van der Waals surface area contributed by atoms with E-state index in [0.29, 0.717) is 6.92 Å². The van der Waals surface area contributed by atoms with Gasteiger partial charge in [-0.1, -0.05) is 11.8 Å². The van der Waals surface area contributed by atoms with Crippen molar-refractivity contribution in [2.75, 3.05) is 7.05 Å². The van der Waals surface area contributed by atoms with E-state index in [2.05, 4.69) is 4.99 Å². The van der Waals surface area contributed by atoms with Crippen molar-refractivity contribution in [1.29, 1.82) is 0 Å². The fourth-order valence-electron chi connectivity index (χ4n) is 1.67. The highest BCUT2D eigenvalue weighted by molar-refractivity contribution is 8.14. The first-order valence-corrected chi connectivity index (χ1v) is 6.47. The number of nitrogens with zero attached hydrogens (tertiary/aromatic N) is 1. The molecule has 0 saturated carbocycles. The Morgan fingerprint density at radius 2 is 2.00 bits per heavy atom. The molecule has 1 saturated heterocycles. The van der Waals surface area contributed by atoms with Gasteiger partial charge in [-0.3, -0.25) is 4.99 Å². The SMILES string of the molecule is CN=C(N)SC1CC(O)CC(C(C)(O)C(F)(F)F)O1. The second-order valence-corrected chi connectivity index (χ2v) is 5.68. The monoisotopic (exact) mass is 302 g/mol. The molecule has 19 heavy (non-hydrogen) atoms. The summed E-state index contributed by atoms with van der Waals surface area (Å²) in [5, 5.41) is 19.3. The highest BCUT2D eigenvalue weighted by Crippen LogP contribution is 2.40. The third kappa shape index (κ3) is 3.98. The van der Waals surface area contributed by atoms with Crippen molar-refractivity contribution < 1.29 is 28.1 Å². The van der Waals surface area contributed by atoms with E-state index < -0.39 is 29.4 Å². The van der Waals surface area contributed by atoms with E-state index >= 15 is 0 Å². The topological polar surface area (TPSA) is 88.1 Å². The van der Waals surface area contributed by atoms with Crippen LogP contribution in [0.4, 0.5) is 13.2 Å². The van der Waals surface area contributed by atoms with Gasteiger partial charge < -0.3 is 20.7 Å². The summed E-state index contributed by atoms with van der Waals surface area (Å²) in [6.07, 6.45) is -7.53. The van der Waals surface area contributed by atoms with Crippen molar-refractivity contribution >= 4 is 16.9 Å². The third-order valence-corrected chi connectivity index (χ3v) is 3.93. The molecule has 1 rings (SSSR count). The second-order valence-electron chi connectivity index (χ2n) is 4.50. The fourth-order valence-corrected chi connectivity index (χ4v) is 2.55. The van der Waals surface area contributed by atoms with Crippen molar-refractivity contribution in [2.45, 2.75) is 49.2 Å². The molecule has 0 aliphatic carbocycles. The molecule has 0 aromatic rings. The van der Waals surface area contributed by atoms with Crippen LogP contribution in [0.5, 0.6) is 0 Å². The summed E-state index contributed by atoms with van der Waals surface area (Å²) in [5.74, 6) is 0. The highest BCUT2D eigenvalue weighted by Gasteiger charge is 2.57. The van der Waals surface area contributed by atoms with Gasteiger partial charge >= 0.3 is 6.18 Å². The number of hydrogen-bond acceptors (Lipinski definition) is 5. The van der Waals surface area contributed by atoms with Gasteiger partial charge in [0.2, 0.25) is 0 Å². The van der Waals surface area contributed by atoms with Gasteiger partial charge in [0.25, 0.3) is 0 Å². The van der Waals surface area contributed by atoms with Crippen LogP contribution >= 0.6 is 11.8 Å². The van der Waals surface area contributed by atoms with E-state index in [-0.39, 0.29) is 18.0 Å². The maximum absolute atomic E-state index is 12.7. The van der Waals surface area contributed by atoms with Crippen molar-refractivity contribution in [3.05, 3.63) is 0 Å². The van der Waals surface area contributed by atoms with Gasteiger partial charge in [0.05, 0.1) is 12.2 Å². The molecule has 1 heterocycles. The molecule has 1 fully saturated rings. The smallest absolute Gasteiger partial charge is 0.393 e. The van der Waals surface area contributed by atoms with Gasteiger partial charge in [0.1, 0.15) is 5.44 Å². The Morgan fingerprint density at radius 1 is 1.42 bits per heavy atom. The normalized spacial score (nSPS) is 33.0. The summed E-state index contributed by atoms with van der Waals surface area (Å²) in [5.41, 5.74) is 1.66. The molecule has 1 aliphatic rings. The van der Waals surface area contributed by atoms with Gasteiger partial charge in [0, 0.05) is 19.9 Å². The summed E-state index contributed by atoms with van der Waals surface area (Å²) in [6, 6.07) is 0. The van der Waals surface area contributed by atoms with Crippen LogP contribution in [0.1, 0.15) is 19.8 Å². The molecular weight excluding hydrogens is 285 g/mol. The van der Waals surface area contributed by atoms with E-state index in [1.54, 1.807) is 0 Å². The first-order chi connectivity index (χ1) is 8.57. The van der Waals surface area contributed by atoms with Crippen LogP contribution in [-0.2, 0) is 4.74 Å². The number of aliphatic hydroxyl groups excluding tert-OH is 1. The first kappa shape index (κ1) is 16.5. The number of rotatable bonds is 2. The molecule has 4 atom stereocenters. The van der Waals surface area contributed by atoms with Crippen LogP contribution in [0.3, 0.4) is 0 Å². The number of amidine groups is 1. The molecule has 4 unspecified atom stereocenters. The number of aliphatic imine (C=N–C) groups is 1. The standard InChI is InChI=1S/C10H17F3N2O3S/c1-9(17,10(11,12)13)6-3-5(16)4-7(18-6)19-8(14)15-2/h5-7,16-17H,3-4H2,1-2H3,(H2,14,15). The van der Waals surface area contributed by atoms with Crippen molar-refractivity contribution in [2.24, 2.45) is 10.7 Å². The highest BCUT2D eigenvalue weighted by atomic mass is 32.2. The Morgan fingerprint density at radius 3 is 2.47 bits per heavy atom. The molecule has 0 radical (unpaired) electrons. The Bertz CT molecular complexity index is 349. The lowest BCUT2D eigenvalue weighted by molar-refractivity contribution is -0.299. The van der Waals surface area contributed by atoms with E-state index in [1.807, 2.05) is 0 Å².